The summed E-state index contributed by atoms with van der Waals surface area (Å²) in [7, 11) is 0. The van der Waals surface area contributed by atoms with Crippen LogP contribution in [0.5, 0.6) is 0 Å². The van der Waals surface area contributed by atoms with Gasteiger partial charge in [0, 0.05) is 24.9 Å². The van der Waals surface area contributed by atoms with E-state index in [4.69, 9.17) is 0 Å². The van der Waals surface area contributed by atoms with E-state index < -0.39 is 6.10 Å². The lowest BCUT2D eigenvalue weighted by molar-refractivity contribution is 0.173. The molecule has 18 heavy (non-hydrogen) atoms. The molecule has 96 valence electrons. The van der Waals surface area contributed by atoms with Gasteiger partial charge in [0.15, 0.2) is 0 Å². The maximum Gasteiger partial charge on any atom is 0.138 e. The Labute approximate surface area is 107 Å². The minimum absolute atomic E-state index is 0.463. The first-order valence-corrected chi connectivity index (χ1v) is 6.18. The summed E-state index contributed by atoms with van der Waals surface area (Å²) in [6.45, 7) is 4.84. The SMILES string of the molecule is CCCn1ncnc1CC(O)c1ccc(C)nc1. The zero-order chi connectivity index (χ0) is 13.0. The second-order valence-electron chi connectivity index (χ2n) is 4.35. The molecule has 1 unspecified atom stereocenters. The van der Waals surface area contributed by atoms with Crippen LogP contribution in [-0.2, 0) is 13.0 Å². The van der Waals surface area contributed by atoms with Crippen LogP contribution in [0.15, 0.2) is 24.7 Å². The summed E-state index contributed by atoms with van der Waals surface area (Å²) in [6.07, 6.45) is 4.12. The van der Waals surface area contributed by atoms with Crippen molar-refractivity contribution in [1.29, 1.82) is 0 Å². The molecule has 2 heterocycles. The number of nitrogens with zero attached hydrogens (tertiary/aromatic N) is 4. The van der Waals surface area contributed by atoms with E-state index in [0.717, 1.165) is 30.0 Å². The van der Waals surface area contributed by atoms with Crippen LogP contribution in [0.2, 0.25) is 0 Å². The third-order valence-electron chi connectivity index (χ3n) is 2.83. The average molecular weight is 246 g/mol. The lowest BCUT2D eigenvalue weighted by Crippen LogP contribution is -2.10. The van der Waals surface area contributed by atoms with Gasteiger partial charge in [-0.2, -0.15) is 5.10 Å². The molecule has 0 aliphatic carbocycles. The predicted molar refractivity (Wildman–Crippen MR) is 68.0 cm³/mol. The Morgan fingerprint density at radius 1 is 1.33 bits per heavy atom. The summed E-state index contributed by atoms with van der Waals surface area (Å²) >= 11 is 0. The number of rotatable bonds is 5. The standard InChI is InChI=1S/C13H18N4O/c1-3-6-17-13(15-9-16-17)7-12(18)11-5-4-10(2)14-8-11/h4-5,8-9,12,18H,3,6-7H2,1-2H3. The maximum absolute atomic E-state index is 10.2. The molecule has 1 N–H and O–H groups in total. The monoisotopic (exact) mass is 246 g/mol. The smallest absolute Gasteiger partial charge is 0.138 e. The van der Waals surface area contributed by atoms with E-state index in [0.29, 0.717) is 6.42 Å². The van der Waals surface area contributed by atoms with E-state index in [2.05, 4.69) is 22.0 Å². The molecular formula is C13H18N4O. The van der Waals surface area contributed by atoms with Crippen molar-refractivity contribution in [3.8, 4) is 0 Å². The third-order valence-corrected chi connectivity index (χ3v) is 2.83. The normalized spacial score (nSPS) is 12.6. The number of pyridine rings is 1. The minimum atomic E-state index is -0.585. The van der Waals surface area contributed by atoms with Gasteiger partial charge in [0.25, 0.3) is 0 Å². The van der Waals surface area contributed by atoms with E-state index in [1.165, 1.54) is 6.33 Å². The molecule has 0 aliphatic heterocycles. The molecule has 0 aliphatic rings. The largest absolute Gasteiger partial charge is 0.388 e. The second-order valence-corrected chi connectivity index (χ2v) is 4.35. The van der Waals surface area contributed by atoms with Crippen molar-refractivity contribution < 1.29 is 5.11 Å². The predicted octanol–water partition coefficient (Wildman–Crippen LogP) is 1.67. The molecule has 0 saturated heterocycles. The Bertz CT molecular complexity index is 492. The molecule has 2 rings (SSSR count). The van der Waals surface area contributed by atoms with E-state index in [1.54, 1.807) is 6.20 Å². The van der Waals surface area contributed by atoms with Crippen molar-refractivity contribution >= 4 is 0 Å². The number of aromatic nitrogens is 4. The number of aliphatic hydroxyl groups excluding tert-OH is 1. The van der Waals surface area contributed by atoms with Crippen molar-refractivity contribution in [2.75, 3.05) is 0 Å². The van der Waals surface area contributed by atoms with E-state index in [9.17, 15) is 5.11 Å². The quantitative estimate of drug-likeness (QED) is 0.871. The Kier molecular flexibility index (Phi) is 4.04. The van der Waals surface area contributed by atoms with Gasteiger partial charge in [-0.05, 0) is 25.0 Å². The van der Waals surface area contributed by atoms with Crippen LogP contribution >= 0.6 is 0 Å². The van der Waals surface area contributed by atoms with Gasteiger partial charge in [0.05, 0.1) is 6.10 Å². The van der Waals surface area contributed by atoms with Gasteiger partial charge in [0.2, 0.25) is 0 Å². The first-order chi connectivity index (χ1) is 8.70. The van der Waals surface area contributed by atoms with Crippen LogP contribution in [0, 0.1) is 6.92 Å². The molecule has 2 aromatic heterocycles. The van der Waals surface area contributed by atoms with Crippen LogP contribution < -0.4 is 0 Å². The molecule has 2 aromatic rings. The number of aryl methyl sites for hydroxylation is 2. The maximum atomic E-state index is 10.2. The molecule has 0 aromatic carbocycles. The highest BCUT2D eigenvalue weighted by Gasteiger charge is 2.13. The first kappa shape index (κ1) is 12.7. The minimum Gasteiger partial charge on any atom is -0.388 e. The fraction of sp³-hybridized carbons (Fsp3) is 0.462. The summed E-state index contributed by atoms with van der Waals surface area (Å²) in [5.74, 6) is 0.810. The topological polar surface area (TPSA) is 63.8 Å². The summed E-state index contributed by atoms with van der Waals surface area (Å²) in [6, 6.07) is 3.79. The van der Waals surface area contributed by atoms with Gasteiger partial charge in [0.1, 0.15) is 12.2 Å². The lowest BCUT2D eigenvalue weighted by Gasteiger charge is -2.11. The van der Waals surface area contributed by atoms with Crippen LogP contribution in [0.4, 0.5) is 0 Å². The third kappa shape index (κ3) is 2.92. The van der Waals surface area contributed by atoms with Crippen LogP contribution in [-0.4, -0.2) is 24.9 Å². The van der Waals surface area contributed by atoms with Gasteiger partial charge in [-0.1, -0.05) is 13.0 Å². The Balaban J connectivity index is 2.08. The zero-order valence-electron chi connectivity index (χ0n) is 10.7. The van der Waals surface area contributed by atoms with Crippen LogP contribution in [0.25, 0.3) is 0 Å². The molecular weight excluding hydrogens is 228 g/mol. The molecule has 0 amide bonds. The fourth-order valence-electron chi connectivity index (χ4n) is 1.81. The summed E-state index contributed by atoms with van der Waals surface area (Å²) < 4.78 is 1.84. The van der Waals surface area contributed by atoms with E-state index in [1.807, 2.05) is 23.7 Å². The molecule has 5 heteroatoms. The van der Waals surface area contributed by atoms with Gasteiger partial charge in [-0.15, -0.1) is 0 Å². The van der Waals surface area contributed by atoms with Crippen molar-refractivity contribution in [3.05, 3.63) is 41.7 Å². The van der Waals surface area contributed by atoms with Crippen molar-refractivity contribution in [2.24, 2.45) is 0 Å². The Morgan fingerprint density at radius 2 is 2.17 bits per heavy atom. The highest BCUT2D eigenvalue weighted by molar-refractivity contribution is 5.16. The van der Waals surface area contributed by atoms with Gasteiger partial charge >= 0.3 is 0 Å². The van der Waals surface area contributed by atoms with Crippen molar-refractivity contribution in [3.63, 3.8) is 0 Å². The molecule has 0 spiro atoms. The van der Waals surface area contributed by atoms with Gasteiger partial charge in [-0.25, -0.2) is 4.98 Å². The first-order valence-electron chi connectivity index (χ1n) is 6.18. The van der Waals surface area contributed by atoms with Crippen molar-refractivity contribution in [2.45, 2.75) is 39.3 Å². The molecule has 0 saturated carbocycles. The number of hydrogen-bond acceptors (Lipinski definition) is 4. The zero-order valence-corrected chi connectivity index (χ0v) is 10.7. The number of hydrogen-bond donors (Lipinski definition) is 1. The molecule has 0 bridgehead atoms. The molecule has 0 fully saturated rings. The Morgan fingerprint density at radius 3 is 2.83 bits per heavy atom. The van der Waals surface area contributed by atoms with E-state index >= 15 is 0 Å². The summed E-state index contributed by atoms with van der Waals surface area (Å²) in [5.41, 5.74) is 1.76. The second kappa shape index (κ2) is 5.73. The van der Waals surface area contributed by atoms with Crippen LogP contribution in [0.1, 0.15) is 36.5 Å². The van der Waals surface area contributed by atoms with Gasteiger partial charge < -0.3 is 5.11 Å². The molecule has 1 atom stereocenters. The van der Waals surface area contributed by atoms with E-state index in [-0.39, 0.29) is 0 Å². The summed E-state index contributed by atoms with van der Waals surface area (Å²) in [4.78, 5) is 8.37. The molecule has 0 radical (unpaired) electrons. The lowest BCUT2D eigenvalue weighted by atomic mass is 10.1. The van der Waals surface area contributed by atoms with Gasteiger partial charge in [-0.3, -0.25) is 9.67 Å². The van der Waals surface area contributed by atoms with Crippen molar-refractivity contribution in [1.82, 2.24) is 19.7 Å². The number of aliphatic hydroxyl groups is 1. The fourth-order valence-corrected chi connectivity index (χ4v) is 1.81. The summed E-state index contributed by atoms with van der Waals surface area (Å²) in [5, 5.41) is 14.3. The Hall–Kier alpha value is -1.75. The highest BCUT2D eigenvalue weighted by atomic mass is 16.3. The van der Waals surface area contributed by atoms with Crippen LogP contribution in [0.3, 0.4) is 0 Å². The molecule has 5 nitrogen and oxygen atoms in total. The average Bonchev–Trinajstić information content (AvgIpc) is 2.78. The highest BCUT2D eigenvalue weighted by Crippen LogP contribution is 2.16.